The molecule has 0 aromatic rings. The Kier molecular flexibility index (Phi) is 4.89. The Bertz CT molecular complexity index is 53.6. The molecule has 1 nitrogen and oxygen atoms in total. The quantitative estimate of drug-likeness (QED) is 0.255. The number of hydrogen-bond acceptors (Lipinski definition) is 1. The molecule has 0 N–H and O–H groups in total. The average molecular weight is 92.1 g/mol. The van der Waals surface area contributed by atoms with Gasteiger partial charge in [0.2, 0.25) is 0 Å². The maximum absolute atomic E-state index is 10.4. The van der Waals surface area contributed by atoms with Crippen LogP contribution in [0.3, 0.4) is 0 Å². The molecule has 0 rings (SSSR count). The van der Waals surface area contributed by atoms with Crippen LogP contribution >= 0.6 is 0 Å². The normalized spacial score (nSPS) is 9.57. The summed E-state index contributed by atoms with van der Waals surface area (Å²) in [6, 6.07) is 0. The summed E-state index contributed by atoms with van der Waals surface area (Å²) in [6.07, 6.45) is 1.38. The van der Waals surface area contributed by atoms with Gasteiger partial charge in [0, 0.05) is 0 Å². The molecule has 0 spiro atoms. The van der Waals surface area contributed by atoms with Crippen LogP contribution in [0.4, 0.5) is 0 Å². The Morgan fingerprint density at radius 3 is 1.71 bits per heavy atom. The summed E-state index contributed by atoms with van der Waals surface area (Å²) in [4.78, 5) is 0. The van der Waals surface area contributed by atoms with E-state index in [4.69, 9.17) is 0 Å². The third-order valence-electron chi connectivity index (χ3n) is 0.492. The van der Waals surface area contributed by atoms with Gasteiger partial charge >= 0.3 is 18.9 Å². The molecule has 36 valence electrons. The van der Waals surface area contributed by atoms with Gasteiger partial charge in [-0.2, -0.15) is 0 Å². The summed E-state index contributed by atoms with van der Waals surface area (Å²) in [5.41, 5.74) is -0.944. The molecule has 0 amide bonds. The van der Waals surface area contributed by atoms with Crippen molar-refractivity contribution in [1.29, 1.82) is 0 Å². The minimum Gasteiger partial charge on any atom is -0.847 e. The monoisotopic (exact) mass is 92.1 g/mol. The van der Waals surface area contributed by atoms with Crippen molar-refractivity contribution < 1.29 is 24.0 Å². The van der Waals surface area contributed by atoms with Gasteiger partial charge in [0.15, 0.2) is 0 Å². The minimum absolute atomic E-state index is 0. The summed E-state index contributed by atoms with van der Waals surface area (Å²) in [5, 5.41) is 10.4. The third kappa shape index (κ3) is 10.7. The zero-order valence-corrected chi connectivity index (χ0v) is 5.19. The van der Waals surface area contributed by atoms with Crippen LogP contribution < -0.4 is 24.0 Å². The first-order valence-corrected chi connectivity index (χ1v) is 1.90. The SMILES string of the molecule is C=CC(C)(C)[O-].[Li+]. The fourth-order valence-electron chi connectivity index (χ4n) is 0. The van der Waals surface area contributed by atoms with Gasteiger partial charge < -0.3 is 5.11 Å². The summed E-state index contributed by atoms with van der Waals surface area (Å²) in [6.45, 7) is 6.46. The number of hydrogen-bond donors (Lipinski definition) is 0. The third-order valence-corrected chi connectivity index (χ3v) is 0.492. The standard InChI is InChI=1S/C5H9O.Li/c1-4-5(2,3)6;/h4H,1H2,2-3H3;/q-1;+1. The molecule has 0 saturated heterocycles. The van der Waals surface area contributed by atoms with Crippen molar-refractivity contribution in [3.8, 4) is 0 Å². The molecule has 0 heterocycles. The summed E-state index contributed by atoms with van der Waals surface area (Å²) in [7, 11) is 0. The van der Waals surface area contributed by atoms with Gasteiger partial charge in [0.1, 0.15) is 0 Å². The smallest absolute Gasteiger partial charge is 0.847 e. The van der Waals surface area contributed by atoms with Crippen LogP contribution in [0.5, 0.6) is 0 Å². The van der Waals surface area contributed by atoms with Crippen LogP contribution in [-0.4, -0.2) is 5.60 Å². The van der Waals surface area contributed by atoms with E-state index in [1.54, 1.807) is 13.8 Å². The van der Waals surface area contributed by atoms with Gasteiger partial charge in [0.05, 0.1) is 0 Å². The summed E-state index contributed by atoms with van der Waals surface area (Å²) < 4.78 is 0. The molecule has 0 aliphatic rings. The fraction of sp³-hybridized carbons (Fsp3) is 0.600. The Morgan fingerprint density at radius 2 is 1.71 bits per heavy atom. The molecule has 2 heteroatoms. The second-order valence-electron chi connectivity index (χ2n) is 1.81. The minimum atomic E-state index is -0.944. The van der Waals surface area contributed by atoms with Crippen LogP contribution in [0.25, 0.3) is 0 Å². The molecule has 0 saturated carbocycles. The first-order valence-electron chi connectivity index (χ1n) is 1.90. The predicted octanol–water partition coefficient (Wildman–Crippen LogP) is -2.68. The van der Waals surface area contributed by atoms with Crippen molar-refractivity contribution in [3.05, 3.63) is 12.7 Å². The van der Waals surface area contributed by atoms with Gasteiger partial charge in [-0.25, -0.2) is 0 Å². The summed E-state index contributed by atoms with van der Waals surface area (Å²) in [5.74, 6) is 0. The molecule has 0 aromatic carbocycles. The molecule has 0 aliphatic carbocycles. The molecule has 0 bridgehead atoms. The van der Waals surface area contributed by atoms with Gasteiger partial charge in [-0.1, -0.05) is 13.8 Å². The maximum atomic E-state index is 10.4. The molecule has 0 aliphatic heterocycles. The van der Waals surface area contributed by atoms with Gasteiger partial charge in [-0.3, -0.25) is 0 Å². The largest absolute Gasteiger partial charge is 1.00 e. The summed E-state index contributed by atoms with van der Waals surface area (Å²) >= 11 is 0. The van der Waals surface area contributed by atoms with Gasteiger partial charge in [0.25, 0.3) is 0 Å². The molecule has 0 radical (unpaired) electrons. The molecular weight excluding hydrogens is 83.0 g/mol. The van der Waals surface area contributed by atoms with E-state index in [0.717, 1.165) is 0 Å². The zero-order chi connectivity index (χ0) is 5.21. The second kappa shape index (κ2) is 3.32. The zero-order valence-electron chi connectivity index (χ0n) is 5.19. The van der Waals surface area contributed by atoms with Crippen molar-refractivity contribution in [2.24, 2.45) is 0 Å². The predicted molar refractivity (Wildman–Crippen MR) is 24.3 cm³/mol. The first-order chi connectivity index (χ1) is 2.56. The first kappa shape index (κ1) is 10.3. The molecule has 0 atom stereocenters. The van der Waals surface area contributed by atoms with Crippen LogP contribution in [0, 0.1) is 0 Å². The Balaban J connectivity index is 0. The van der Waals surface area contributed by atoms with Crippen molar-refractivity contribution in [2.75, 3.05) is 0 Å². The molecule has 0 fully saturated rings. The van der Waals surface area contributed by atoms with E-state index in [1.165, 1.54) is 6.08 Å². The van der Waals surface area contributed by atoms with E-state index < -0.39 is 5.60 Å². The second-order valence-corrected chi connectivity index (χ2v) is 1.81. The van der Waals surface area contributed by atoms with Crippen molar-refractivity contribution >= 4 is 0 Å². The Labute approximate surface area is 56.6 Å². The molecule has 0 aromatic heterocycles. The van der Waals surface area contributed by atoms with E-state index in [0.29, 0.717) is 0 Å². The van der Waals surface area contributed by atoms with Crippen molar-refractivity contribution in [1.82, 2.24) is 0 Å². The van der Waals surface area contributed by atoms with Crippen LogP contribution in [-0.2, 0) is 0 Å². The number of rotatable bonds is 1. The van der Waals surface area contributed by atoms with Crippen LogP contribution in [0.15, 0.2) is 12.7 Å². The van der Waals surface area contributed by atoms with Crippen LogP contribution in [0.1, 0.15) is 13.8 Å². The van der Waals surface area contributed by atoms with E-state index in [2.05, 4.69) is 6.58 Å². The van der Waals surface area contributed by atoms with Crippen LogP contribution in [0.2, 0.25) is 0 Å². The molecular formula is C5H9LiO. The Hall–Kier alpha value is 0.297. The van der Waals surface area contributed by atoms with E-state index in [-0.39, 0.29) is 18.9 Å². The topological polar surface area (TPSA) is 23.1 Å². The van der Waals surface area contributed by atoms with E-state index >= 15 is 0 Å². The van der Waals surface area contributed by atoms with E-state index in [1.807, 2.05) is 0 Å². The van der Waals surface area contributed by atoms with Crippen molar-refractivity contribution in [2.45, 2.75) is 19.4 Å². The van der Waals surface area contributed by atoms with Crippen molar-refractivity contribution in [3.63, 3.8) is 0 Å². The Morgan fingerprint density at radius 1 is 1.57 bits per heavy atom. The molecule has 7 heavy (non-hydrogen) atoms. The van der Waals surface area contributed by atoms with E-state index in [9.17, 15) is 5.11 Å². The maximum Gasteiger partial charge on any atom is 1.00 e. The van der Waals surface area contributed by atoms with Gasteiger partial charge in [-0.05, 0) is 0 Å². The van der Waals surface area contributed by atoms with Gasteiger partial charge in [-0.15, -0.1) is 18.3 Å². The fourth-order valence-corrected chi connectivity index (χ4v) is 0. The molecule has 0 unspecified atom stereocenters. The average Bonchev–Trinajstić information content (AvgIpc) is 1.35.